The number of H-pyrrole nitrogens is 1. The number of rotatable bonds is 7. The van der Waals surface area contributed by atoms with Crippen LogP contribution in [0.4, 0.5) is 0 Å². The molecule has 2 rings (SSSR count). The van der Waals surface area contributed by atoms with Crippen LogP contribution in [0.25, 0.3) is 10.9 Å². The number of hydrogen-bond acceptors (Lipinski definition) is 2. The Hall–Kier alpha value is -1.32. The maximum Gasteiger partial charge on any atom is 0.0499 e. The van der Waals surface area contributed by atoms with Crippen molar-refractivity contribution in [3.63, 3.8) is 0 Å². The third-order valence-corrected chi connectivity index (χ3v) is 2.95. The molecule has 17 heavy (non-hydrogen) atoms. The summed E-state index contributed by atoms with van der Waals surface area (Å²) in [4.78, 5) is 3.30. The van der Waals surface area contributed by atoms with Crippen molar-refractivity contribution >= 4 is 10.9 Å². The van der Waals surface area contributed by atoms with Crippen molar-refractivity contribution < 1.29 is 0 Å². The van der Waals surface area contributed by atoms with E-state index < -0.39 is 0 Å². The molecule has 1 heterocycles. The molecule has 3 N–H and O–H groups in total. The lowest BCUT2D eigenvalue weighted by Crippen LogP contribution is -2.21. The molecular weight excluding hydrogens is 210 g/mol. The smallest absolute Gasteiger partial charge is 0.0499 e. The minimum Gasteiger partial charge on any atom is -0.361 e. The average Bonchev–Trinajstić information content (AvgIpc) is 2.82. The van der Waals surface area contributed by atoms with Gasteiger partial charge in [0.1, 0.15) is 0 Å². The van der Waals surface area contributed by atoms with Gasteiger partial charge in [-0.25, -0.2) is 0 Å². The molecule has 0 aliphatic carbocycles. The first-order chi connectivity index (χ1) is 8.42. The molecular formula is C14H21N3. The van der Waals surface area contributed by atoms with Gasteiger partial charge in [0.25, 0.3) is 0 Å². The molecule has 0 bridgehead atoms. The van der Waals surface area contributed by atoms with Crippen LogP contribution in [-0.2, 0) is 6.54 Å². The summed E-state index contributed by atoms with van der Waals surface area (Å²) in [5.74, 6) is 0. The molecule has 0 amide bonds. The monoisotopic (exact) mass is 231 g/mol. The Kier molecular flexibility index (Phi) is 4.59. The van der Waals surface area contributed by atoms with Gasteiger partial charge in [-0.3, -0.25) is 0 Å². The van der Waals surface area contributed by atoms with Crippen LogP contribution in [0.2, 0.25) is 0 Å². The van der Waals surface area contributed by atoms with E-state index in [4.69, 9.17) is 0 Å². The molecule has 92 valence electrons. The van der Waals surface area contributed by atoms with Crippen molar-refractivity contribution in [3.8, 4) is 0 Å². The fraction of sp³-hybridized carbons (Fsp3) is 0.429. The second-order valence-corrected chi connectivity index (χ2v) is 4.24. The zero-order chi connectivity index (χ0) is 11.9. The van der Waals surface area contributed by atoms with Crippen LogP contribution in [0.5, 0.6) is 0 Å². The first-order valence-corrected chi connectivity index (χ1v) is 6.38. The second-order valence-electron chi connectivity index (χ2n) is 4.24. The maximum absolute atomic E-state index is 3.48. The van der Waals surface area contributed by atoms with E-state index in [-0.39, 0.29) is 0 Å². The zero-order valence-corrected chi connectivity index (χ0v) is 10.4. The van der Waals surface area contributed by atoms with Crippen LogP contribution in [0.15, 0.2) is 30.5 Å². The van der Waals surface area contributed by atoms with Crippen LogP contribution in [-0.4, -0.2) is 24.6 Å². The quantitative estimate of drug-likeness (QED) is 0.640. The number of benzene rings is 1. The summed E-state index contributed by atoms with van der Waals surface area (Å²) in [5, 5.41) is 8.10. The van der Waals surface area contributed by atoms with E-state index >= 15 is 0 Å². The summed E-state index contributed by atoms with van der Waals surface area (Å²) in [6, 6.07) is 8.55. The van der Waals surface area contributed by atoms with Gasteiger partial charge in [0, 0.05) is 18.3 Å². The zero-order valence-electron chi connectivity index (χ0n) is 10.4. The Morgan fingerprint density at radius 2 is 2.00 bits per heavy atom. The molecule has 0 radical (unpaired) electrons. The SMILES string of the molecule is CCNCCCNCc1cccc2cc[nH]c12. The highest BCUT2D eigenvalue weighted by molar-refractivity contribution is 5.82. The number of nitrogens with one attached hydrogen (secondary N) is 3. The van der Waals surface area contributed by atoms with Crippen LogP contribution < -0.4 is 10.6 Å². The lowest BCUT2D eigenvalue weighted by Gasteiger charge is -2.06. The topological polar surface area (TPSA) is 39.8 Å². The fourth-order valence-corrected chi connectivity index (χ4v) is 2.04. The number of fused-ring (bicyclic) bond motifs is 1. The molecule has 0 saturated heterocycles. The molecule has 0 saturated carbocycles. The van der Waals surface area contributed by atoms with Crippen LogP contribution in [0.1, 0.15) is 18.9 Å². The largest absolute Gasteiger partial charge is 0.361 e. The van der Waals surface area contributed by atoms with Crippen LogP contribution >= 0.6 is 0 Å². The van der Waals surface area contributed by atoms with E-state index in [0.717, 1.165) is 26.2 Å². The Labute approximate surface area is 103 Å². The summed E-state index contributed by atoms with van der Waals surface area (Å²) < 4.78 is 0. The van der Waals surface area contributed by atoms with Gasteiger partial charge < -0.3 is 15.6 Å². The molecule has 0 aliphatic rings. The highest BCUT2D eigenvalue weighted by atomic mass is 14.9. The normalized spacial score (nSPS) is 11.1. The van der Waals surface area contributed by atoms with Crippen molar-refractivity contribution in [2.45, 2.75) is 19.9 Å². The second kappa shape index (κ2) is 6.42. The van der Waals surface area contributed by atoms with E-state index in [1.165, 1.54) is 22.9 Å². The van der Waals surface area contributed by atoms with Gasteiger partial charge in [-0.05, 0) is 43.1 Å². The fourth-order valence-electron chi connectivity index (χ4n) is 2.04. The highest BCUT2D eigenvalue weighted by Crippen LogP contribution is 2.16. The Bertz CT molecular complexity index is 447. The molecule has 0 fully saturated rings. The summed E-state index contributed by atoms with van der Waals surface area (Å²) >= 11 is 0. The van der Waals surface area contributed by atoms with Crippen molar-refractivity contribution in [1.82, 2.24) is 15.6 Å². The van der Waals surface area contributed by atoms with Crippen LogP contribution in [0.3, 0.4) is 0 Å². The molecule has 1 aromatic carbocycles. The first kappa shape index (κ1) is 12.1. The molecule has 0 unspecified atom stereocenters. The van der Waals surface area contributed by atoms with E-state index in [9.17, 15) is 0 Å². The Morgan fingerprint density at radius 3 is 2.88 bits per heavy atom. The van der Waals surface area contributed by atoms with Gasteiger partial charge in [0.2, 0.25) is 0 Å². The molecule has 3 nitrogen and oxygen atoms in total. The van der Waals surface area contributed by atoms with Gasteiger partial charge >= 0.3 is 0 Å². The predicted molar refractivity (Wildman–Crippen MR) is 73.2 cm³/mol. The van der Waals surface area contributed by atoms with Gasteiger partial charge in [-0.15, -0.1) is 0 Å². The minimum atomic E-state index is 0.935. The summed E-state index contributed by atoms with van der Waals surface area (Å²) in [7, 11) is 0. The number of hydrogen-bond donors (Lipinski definition) is 3. The summed E-state index contributed by atoms with van der Waals surface area (Å²) in [5.41, 5.74) is 2.60. The molecule has 3 heteroatoms. The summed E-state index contributed by atoms with van der Waals surface area (Å²) in [6.45, 7) is 6.28. The van der Waals surface area contributed by atoms with E-state index in [0.29, 0.717) is 0 Å². The van der Waals surface area contributed by atoms with E-state index in [2.05, 4.69) is 46.8 Å². The lowest BCUT2D eigenvalue weighted by atomic mass is 10.1. The standard InChI is InChI=1S/C14H21N3/c1-2-15-8-4-9-16-11-13-6-3-5-12-7-10-17-14(12)13/h3,5-7,10,15-17H,2,4,8-9,11H2,1H3. The molecule has 0 atom stereocenters. The van der Waals surface area contributed by atoms with Gasteiger partial charge in [-0.1, -0.05) is 25.1 Å². The van der Waals surface area contributed by atoms with Crippen molar-refractivity contribution in [1.29, 1.82) is 0 Å². The highest BCUT2D eigenvalue weighted by Gasteiger charge is 2.00. The van der Waals surface area contributed by atoms with E-state index in [1.807, 2.05) is 6.20 Å². The Balaban J connectivity index is 1.80. The molecule has 1 aromatic heterocycles. The molecule has 0 aliphatic heterocycles. The average molecular weight is 231 g/mol. The van der Waals surface area contributed by atoms with Crippen molar-refractivity contribution in [2.24, 2.45) is 0 Å². The Morgan fingerprint density at radius 1 is 1.12 bits per heavy atom. The van der Waals surface area contributed by atoms with Crippen LogP contribution in [0, 0.1) is 0 Å². The lowest BCUT2D eigenvalue weighted by molar-refractivity contribution is 0.607. The van der Waals surface area contributed by atoms with E-state index in [1.54, 1.807) is 0 Å². The first-order valence-electron chi connectivity index (χ1n) is 6.38. The number of aromatic nitrogens is 1. The number of aromatic amines is 1. The predicted octanol–water partition coefficient (Wildman–Crippen LogP) is 2.26. The van der Waals surface area contributed by atoms with Gasteiger partial charge in [-0.2, -0.15) is 0 Å². The van der Waals surface area contributed by atoms with Gasteiger partial charge in [0.05, 0.1) is 0 Å². The maximum atomic E-state index is 3.48. The minimum absolute atomic E-state index is 0.935. The summed E-state index contributed by atoms with van der Waals surface area (Å²) in [6.07, 6.45) is 3.17. The van der Waals surface area contributed by atoms with Gasteiger partial charge in [0.15, 0.2) is 0 Å². The third-order valence-electron chi connectivity index (χ3n) is 2.95. The van der Waals surface area contributed by atoms with Crippen molar-refractivity contribution in [2.75, 3.05) is 19.6 Å². The molecule has 2 aromatic rings. The third kappa shape index (κ3) is 3.32. The number of para-hydroxylation sites is 1. The molecule has 0 spiro atoms. The van der Waals surface area contributed by atoms with Crippen molar-refractivity contribution in [3.05, 3.63) is 36.0 Å².